The third-order valence-corrected chi connectivity index (χ3v) is 12.8. The Balaban J connectivity index is 1.10. The number of aromatic nitrogens is 3. The molecule has 296 valence electrons. The van der Waals surface area contributed by atoms with Crippen molar-refractivity contribution in [1.82, 2.24) is 15.0 Å². The second kappa shape index (κ2) is 14.5. The minimum Gasteiger partial charge on any atom is -0.455 e. The summed E-state index contributed by atoms with van der Waals surface area (Å²) in [5.41, 5.74) is 18.1. The summed E-state index contributed by atoms with van der Waals surface area (Å²) in [7, 11) is 0. The molecular weight excluding hydrogens is 767 g/mol. The van der Waals surface area contributed by atoms with E-state index in [2.05, 4.69) is 183 Å². The number of fused-ring (bicyclic) bond motifs is 12. The van der Waals surface area contributed by atoms with E-state index >= 15 is 0 Å². The van der Waals surface area contributed by atoms with Gasteiger partial charge in [-0.1, -0.05) is 189 Å². The Morgan fingerprint density at radius 2 is 0.952 bits per heavy atom. The van der Waals surface area contributed by atoms with Gasteiger partial charge in [-0.3, -0.25) is 0 Å². The number of nitrogens with zero attached hydrogens (tertiary/aromatic N) is 3. The maximum absolute atomic E-state index is 6.80. The molecule has 0 aliphatic heterocycles. The van der Waals surface area contributed by atoms with E-state index in [0.29, 0.717) is 17.5 Å². The Morgan fingerprint density at radius 3 is 1.56 bits per heavy atom. The second-order valence-electron chi connectivity index (χ2n) is 16.3. The number of benzene rings is 8. The number of rotatable bonds is 7. The molecule has 0 saturated heterocycles. The molecule has 10 aromatic rings. The predicted octanol–water partition coefficient (Wildman–Crippen LogP) is 15.0. The average molecular weight is 806 g/mol. The summed E-state index contributed by atoms with van der Waals surface area (Å²) < 4.78 is 6.80. The van der Waals surface area contributed by atoms with Crippen LogP contribution < -0.4 is 0 Å². The van der Waals surface area contributed by atoms with Crippen molar-refractivity contribution >= 4 is 23.1 Å². The van der Waals surface area contributed by atoms with Gasteiger partial charge in [0.15, 0.2) is 17.5 Å². The van der Waals surface area contributed by atoms with Crippen molar-refractivity contribution in [3.63, 3.8) is 0 Å². The Morgan fingerprint density at radius 1 is 0.444 bits per heavy atom. The highest BCUT2D eigenvalue weighted by molar-refractivity contribution is 6.07. The number of allylic oxidation sites excluding steroid dienone is 1. The standard InChI is InChI=1S/C59H39N3O/c1-3-17-53-44(4-2)47-32-33-51-54(55(47)63-53)48-27-12-14-29-50(48)59(51)49-28-13-11-26-45(49)46-31-30-43(36-52(46)59)58-61-56(41-24-15-22-39(34-41)37-18-7-5-8-19-37)60-57(62-58)42-25-16-23-40(35-42)38-20-9-6-10-21-38/h3-36H,2H2,1H3. The minimum atomic E-state index is -0.614. The zero-order valence-electron chi connectivity index (χ0n) is 34.6. The van der Waals surface area contributed by atoms with Crippen molar-refractivity contribution < 1.29 is 4.42 Å². The first-order valence-electron chi connectivity index (χ1n) is 21.4. The Bertz CT molecular complexity index is 3390. The molecule has 0 N–H and O–H groups in total. The second-order valence-corrected chi connectivity index (χ2v) is 16.3. The number of furan rings is 1. The summed E-state index contributed by atoms with van der Waals surface area (Å²) in [6, 6.07) is 66.8. The molecule has 0 radical (unpaired) electrons. The largest absolute Gasteiger partial charge is 0.455 e. The highest BCUT2D eigenvalue weighted by Gasteiger charge is 2.52. The Labute approximate surface area is 366 Å². The van der Waals surface area contributed by atoms with E-state index in [1.165, 1.54) is 38.9 Å². The number of hydrogen-bond acceptors (Lipinski definition) is 4. The van der Waals surface area contributed by atoms with Crippen LogP contribution in [-0.2, 0) is 5.41 Å². The van der Waals surface area contributed by atoms with Gasteiger partial charge in [0.2, 0.25) is 0 Å². The van der Waals surface area contributed by atoms with Gasteiger partial charge in [0.1, 0.15) is 11.3 Å². The minimum absolute atomic E-state index is 0.610. The molecule has 8 aromatic carbocycles. The SMILES string of the molecule is C=Cc1c(C=CC)oc2c3c(ccc12)C1(c2ccccc2-c2ccc(-c4nc(-c5cccc(-c6ccccc6)c5)nc(-c5cccc(-c6ccccc6)c5)n4)cc21)c1ccccc1-3. The summed E-state index contributed by atoms with van der Waals surface area (Å²) in [6.45, 7) is 6.19. The van der Waals surface area contributed by atoms with Crippen LogP contribution in [-0.4, -0.2) is 15.0 Å². The average Bonchev–Trinajstić information content (AvgIpc) is 3.97. The van der Waals surface area contributed by atoms with Crippen molar-refractivity contribution in [2.24, 2.45) is 0 Å². The molecule has 4 nitrogen and oxygen atoms in total. The van der Waals surface area contributed by atoms with Gasteiger partial charge >= 0.3 is 0 Å². The van der Waals surface area contributed by atoms with Crippen LogP contribution in [0.4, 0.5) is 0 Å². The monoisotopic (exact) mass is 805 g/mol. The van der Waals surface area contributed by atoms with Crippen molar-refractivity contribution in [2.45, 2.75) is 12.3 Å². The first kappa shape index (κ1) is 36.6. The lowest BCUT2D eigenvalue weighted by Gasteiger charge is -2.30. The summed E-state index contributed by atoms with van der Waals surface area (Å²) >= 11 is 0. The lowest BCUT2D eigenvalue weighted by atomic mass is 9.70. The highest BCUT2D eigenvalue weighted by Crippen LogP contribution is 2.64. The van der Waals surface area contributed by atoms with Gasteiger partial charge in [0, 0.05) is 33.2 Å². The van der Waals surface area contributed by atoms with Crippen molar-refractivity contribution in [2.75, 3.05) is 0 Å². The molecule has 12 rings (SSSR count). The molecule has 2 heterocycles. The van der Waals surface area contributed by atoms with Gasteiger partial charge in [-0.2, -0.15) is 0 Å². The summed E-state index contributed by atoms with van der Waals surface area (Å²) in [4.78, 5) is 15.9. The van der Waals surface area contributed by atoms with Crippen molar-refractivity contribution in [3.05, 3.63) is 234 Å². The predicted molar refractivity (Wildman–Crippen MR) is 258 cm³/mol. The van der Waals surface area contributed by atoms with Crippen LogP contribution >= 0.6 is 0 Å². The van der Waals surface area contributed by atoms with E-state index in [4.69, 9.17) is 19.4 Å². The first-order valence-corrected chi connectivity index (χ1v) is 21.4. The third kappa shape index (κ3) is 5.58. The van der Waals surface area contributed by atoms with Gasteiger partial charge in [-0.25, -0.2) is 15.0 Å². The van der Waals surface area contributed by atoms with Crippen molar-refractivity contribution in [3.8, 4) is 78.7 Å². The maximum atomic E-state index is 6.80. The molecule has 0 fully saturated rings. The van der Waals surface area contributed by atoms with Crippen LogP contribution in [0.2, 0.25) is 0 Å². The molecular formula is C59H39N3O. The maximum Gasteiger partial charge on any atom is 0.164 e. The number of hydrogen-bond donors (Lipinski definition) is 0. The van der Waals surface area contributed by atoms with Gasteiger partial charge in [0.25, 0.3) is 0 Å². The van der Waals surface area contributed by atoms with Gasteiger partial charge in [0.05, 0.1) is 5.41 Å². The molecule has 2 aromatic heterocycles. The quantitative estimate of drug-likeness (QED) is 0.161. The molecule has 63 heavy (non-hydrogen) atoms. The van der Waals surface area contributed by atoms with Crippen LogP contribution in [0, 0.1) is 0 Å². The zero-order chi connectivity index (χ0) is 42.1. The van der Waals surface area contributed by atoms with Crippen LogP contribution in [0.15, 0.2) is 205 Å². The lowest BCUT2D eigenvalue weighted by molar-refractivity contribution is 0.604. The molecule has 2 aliphatic carbocycles. The summed E-state index contributed by atoms with van der Waals surface area (Å²) in [5, 5.41) is 1.06. The highest BCUT2D eigenvalue weighted by atomic mass is 16.3. The van der Waals surface area contributed by atoms with Gasteiger partial charge in [-0.05, 0) is 92.4 Å². The summed E-state index contributed by atoms with van der Waals surface area (Å²) in [5.74, 6) is 2.65. The zero-order valence-corrected chi connectivity index (χ0v) is 34.6. The lowest BCUT2D eigenvalue weighted by Crippen LogP contribution is -2.25. The Hall–Kier alpha value is -8.21. The smallest absolute Gasteiger partial charge is 0.164 e. The van der Waals surface area contributed by atoms with Crippen LogP contribution in [0.25, 0.3) is 102 Å². The summed E-state index contributed by atoms with van der Waals surface area (Å²) in [6.07, 6.45) is 5.95. The fourth-order valence-corrected chi connectivity index (χ4v) is 10.1. The Kier molecular flexibility index (Phi) is 8.41. The molecule has 1 unspecified atom stereocenters. The van der Waals surface area contributed by atoms with E-state index in [-0.39, 0.29) is 0 Å². The molecule has 1 spiro atoms. The third-order valence-electron chi connectivity index (χ3n) is 12.8. The van der Waals surface area contributed by atoms with E-state index in [0.717, 1.165) is 66.8 Å². The van der Waals surface area contributed by atoms with Crippen LogP contribution in [0.1, 0.15) is 40.5 Å². The van der Waals surface area contributed by atoms with E-state index in [1.54, 1.807) is 0 Å². The van der Waals surface area contributed by atoms with Crippen molar-refractivity contribution in [1.29, 1.82) is 0 Å². The van der Waals surface area contributed by atoms with E-state index in [1.807, 2.05) is 37.3 Å². The molecule has 2 aliphatic rings. The van der Waals surface area contributed by atoms with E-state index in [9.17, 15) is 0 Å². The van der Waals surface area contributed by atoms with Crippen LogP contribution in [0.3, 0.4) is 0 Å². The molecule has 4 heteroatoms. The van der Waals surface area contributed by atoms with Crippen LogP contribution in [0.5, 0.6) is 0 Å². The molecule has 0 amide bonds. The topological polar surface area (TPSA) is 51.8 Å². The van der Waals surface area contributed by atoms with Gasteiger partial charge in [-0.15, -0.1) is 0 Å². The molecule has 0 bridgehead atoms. The van der Waals surface area contributed by atoms with Gasteiger partial charge < -0.3 is 4.42 Å². The fourth-order valence-electron chi connectivity index (χ4n) is 10.1. The molecule has 1 atom stereocenters. The fraction of sp³-hybridized carbons (Fsp3) is 0.0339. The first-order chi connectivity index (χ1) is 31.1. The van der Waals surface area contributed by atoms with E-state index < -0.39 is 5.41 Å². The molecule has 0 saturated carbocycles. The normalized spacial score (nSPS) is 14.5.